The van der Waals surface area contributed by atoms with Crippen LogP contribution in [0.25, 0.3) is 11.0 Å². The third-order valence-corrected chi connectivity index (χ3v) is 4.35. The van der Waals surface area contributed by atoms with Gasteiger partial charge in [0.15, 0.2) is 5.65 Å². The summed E-state index contributed by atoms with van der Waals surface area (Å²) in [6.45, 7) is 6.25. The maximum Gasteiger partial charge on any atom is 0.231 e. The third-order valence-electron chi connectivity index (χ3n) is 4.35. The molecule has 0 bridgehead atoms. The molecular weight excluding hydrogens is 266 g/mol. The number of hydrogen-bond donors (Lipinski definition) is 2. The maximum absolute atomic E-state index is 12.5. The van der Waals surface area contributed by atoms with Gasteiger partial charge in [-0.1, -0.05) is 13.8 Å². The fourth-order valence-corrected chi connectivity index (χ4v) is 2.59. The van der Waals surface area contributed by atoms with Crippen LogP contribution < -0.4 is 11.1 Å². The van der Waals surface area contributed by atoms with Crippen LogP contribution in [0.2, 0.25) is 0 Å². The van der Waals surface area contributed by atoms with Gasteiger partial charge in [0.25, 0.3) is 0 Å². The van der Waals surface area contributed by atoms with Crippen LogP contribution in [0.4, 0.5) is 5.69 Å². The highest BCUT2D eigenvalue weighted by Gasteiger charge is 2.33. The molecule has 0 radical (unpaired) electrons. The quantitative estimate of drug-likeness (QED) is 0.881. The summed E-state index contributed by atoms with van der Waals surface area (Å²) in [4.78, 5) is 16.9. The van der Waals surface area contributed by atoms with Crippen molar-refractivity contribution in [2.45, 2.75) is 33.6 Å². The van der Waals surface area contributed by atoms with Gasteiger partial charge in [0.2, 0.25) is 5.91 Å². The first kappa shape index (κ1) is 15.4. The summed E-state index contributed by atoms with van der Waals surface area (Å²) in [5.41, 5.74) is 7.68. The molecule has 0 unspecified atom stereocenters. The van der Waals surface area contributed by atoms with Crippen LogP contribution in [0.3, 0.4) is 0 Å². The van der Waals surface area contributed by atoms with Crippen LogP contribution in [0.15, 0.2) is 12.3 Å². The molecule has 0 aliphatic carbocycles. The van der Waals surface area contributed by atoms with Crippen LogP contribution in [0.1, 0.15) is 32.4 Å². The lowest BCUT2D eigenvalue weighted by Crippen LogP contribution is -2.41. The Balaban J connectivity index is 2.31. The minimum atomic E-state index is -0.515. The Hall–Kier alpha value is -1.95. The minimum absolute atomic E-state index is 0.0438. The number of amides is 1. The molecule has 0 saturated heterocycles. The molecule has 6 nitrogen and oxygen atoms in total. The van der Waals surface area contributed by atoms with E-state index in [1.807, 2.05) is 33.9 Å². The Labute approximate surface area is 124 Å². The van der Waals surface area contributed by atoms with Crippen LogP contribution >= 0.6 is 0 Å². The Morgan fingerprint density at radius 3 is 2.67 bits per heavy atom. The highest BCUT2D eigenvalue weighted by molar-refractivity contribution is 5.97. The second kappa shape index (κ2) is 5.81. The van der Waals surface area contributed by atoms with Gasteiger partial charge in [-0.25, -0.2) is 4.98 Å². The number of rotatable bonds is 5. The predicted octanol–water partition coefficient (Wildman–Crippen LogP) is 1.98. The molecule has 114 valence electrons. The van der Waals surface area contributed by atoms with Crippen molar-refractivity contribution in [1.29, 1.82) is 0 Å². The Kier molecular flexibility index (Phi) is 4.27. The van der Waals surface area contributed by atoms with Gasteiger partial charge < -0.3 is 11.1 Å². The summed E-state index contributed by atoms with van der Waals surface area (Å²) >= 11 is 0. The summed E-state index contributed by atoms with van der Waals surface area (Å²) in [7, 11) is 1.86. The van der Waals surface area contributed by atoms with Crippen molar-refractivity contribution in [3.8, 4) is 0 Å². The summed E-state index contributed by atoms with van der Waals surface area (Å²) < 4.78 is 1.73. The van der Waals surface area contributed by atoms with Gasteiger partial charge in [-0.3, -0.25) is 9.48 Å². The van der Waals surface area contributed by atoms with E-state index in [2.05, 4.69) is 15.4 Å². The molecule has 6 heteroatoms. The van der Waals surface area contributed by atoms with Crippen LogP contribution in [-0.2, 0) is 11.8 Å². The number of carbonyl (C=O) groups is 1. The van der Waals surface area contributed by atoms with E-state index in [-0.39, 0.29) is 5.91 Å². The second-order valence-corrected chi connectivity index (χ2v) is 5.45. The first-order valence-electron chi connectivity index (χ1n) is 7.28. The standard InChI is InChI=1S/C15H23N5O/c1-5-15(6-2,9-16)14(21)18-11-7-12-10(3)19-20(4)13(12)17-8-11/h7-8H,5-6,9,16H2,1-4H3,(H,18,21). The van der Waals surface area contributed by atoms with E-state index in [1.54, 1.807) is 10.9 Å². The van der Waals surface area contributed by atoms with Crippen molar-refractivity contribution in [3.63, 3.8) is 0 Å². The third kappa shape index (κ3) is 2.63. The highest BCUT2D eigenvalue weighted by Crippen LogP contribution is 2.27. The van der Waals surface area contributed by atoms with Crippen LogP contribution in [-0.4, -0.2) is 27.2 Å². The monoisotopic (exact) mass is 289 g/mol. The zero-order valence-corrected chi connectivity index (χ0v) is 13.1. The van der Waals surface area contributed by atoms with Crippen molar-refractivity contribution in [1.82, 2.24) is 14.8 Å². The van der Waals surface area contributed by atoms with Crippen molar-refractivity contribution >= 4 is 22.6 Å². The molecule has 2 aromatic heterocycles. The van der Waals surface area contributed by atoms with Gasteiger partial charge in [-0.2, -0.15) is 5.10 Å². The molecule has 0 atom stereocenters. The number of carbonyl (C=O) groups excluding carboxylic acids is 1. The van der Waals surface area contributed by atoms with Crippen molar-refractivity contribution in [3.05, 3.63) is 18.0 Å². The number of pyridine rings is 1. The minimum Gasteiger partial charge on any atom is -0.329 e. The fourth-order valence-electron chi connectivity index (χ4n) is 2.59. The molecule has 0 aromatic carbocycles. The van der Waals surface area contributed by atoms with Crippen molar-refractivity contribution in [2.24, 2.45) is 18.2 Å². The average Bonchev–Trinajstić information content (AvgIpc) is 2.76. The Bertz CT molecular complexity index is 649. The zero-order valence-electron chi connectivity index (χ0n) is 13.1. The van der Waals surface area contributed by atoms with E-state index in [0.29, 0.717) is 25.1 Å². The topological polar surface area (TPSA) is 85.8 Å². The normalized spacial score (nSPS) is 11.9. The number of nitrogens with one attached hydrogen (secondary N) is 1. The number of anilines is 1. The van der Waals surface area contributed by atoms with Gasteiger partial charge in [0.1, 0.15) is 0 Å². The van der Waals surface area contributed by atoms with Crippen molar-refractivity contribution < 1.29 is 4.79 Å². The van der Waals surface area contributed by atoms with Gasteiger partial charge in [0, 0.05) is 19.0 Å². The van der Waals surface area contributed by atoms with E-state index in [0.717, 1.165) is 16.7 Å². The predicted molar refractivity (Wildman–Crippen MR) is 83.9 cm³/mol. The highest BCUT2D eigenvalue weighted by atomic mass is 16.2. The van der Waals surface area contributed by atoms with E-state index in [4.69, 9.17) is 5.73 Å². The molecule has 0 saturated carbocycles. The largest absolute Gasteiger partial charge is 0.329 e. The Morgan fingerprint density at radius 1 is 1.43 bits per heavy atom. The molecule has 3 N–H and O–H groups in total. The summed E-state index contributed by atoms with van der Waals surface area (Å²) in [6, 6.07) is 1.91. The smallest absolute Gasteiger partial charge is 0.231 e. The molecule has 0 aliphatic heterocycles. The number of nitrogens with zero attached hydrogens (tertiary/aromatic N) is 3. The molecule has 0 aliphatic rings. The first-order chi connectivity index (χ1) is 9.97. The summed E-state index contributed by atoms with van der Waals surface area (Å²) in [5, 5.41) is 8.22. The van der Waals surface area contributed by atoms with Gasteiger partial charge in [-0.15, -0.1) is 0 Å². The van der Waals surface area contributed by atoms with Gasteiger partial charge >= 0.3 is 0 Å². The number of aryl methyl sites for hydroxylation is 2. The molecule has 2 rings (SSSR count). The van der Waals surface area contributed by atoms with E-state index in [9.17, 15) is 4.79 Å². The molecule has 21 heavy (non-hydrogen) atoms. The first-order valence-corrected chi connectivity index (χ1v) is 7.28. The zero-order chi connectivity index (χ0) is 15.6. The van der Waals surface area contributed by atoms with Crippen LogP contribution in [0, 0.1) is 12.3 Å². The molecular formula is C15H23N5O. The molecule has 1 amide bonds. The van der Waals surface area contributed by atoms with E-state index >= 15 is 0 Å². The SMILES string of the molecule is CCC(CC)(CN)C(=O)Nc1cnc2c(c1)c(C)nn2C. The van der Waals surface area contributed by atoms with Crippen LogP contribution in [0.5, 0.6) is 0 Å². The van der Waals surface area contributed by atoms with Crippen molar-refractivity contribution in [2.75, 3.05) is 11.9 Å². The molecule has 0 spiro atoms. The maximum atomic E-state index is 12.5. The van der Waals surface area contributed by atoms with E-state index in [1.165, 1.54) is 0 Å². The van der Waals surface area contributed by atoms with Gasteiger partial charge in [-0.05, 0) is 25.8 Å². The summed E-state index contributed by atoms with van der Waals surface area (Å²) in [6.07, 6.45) is 3.09. The number of fused-ring (bicyclic) bond motifs is 1. The molecule has 2 aromatic rings. The fraction of sp³-hybridized carbons (Fsp3) is 0.533. The van der Waals surface area contributed by atoms with E-state index < -0.39 is 5.41 Å². The average molecular weight is 289 g/mol. The summed E-state index contributed by atoms with van der Waals surface area (Å²) in [5.74, 6) is -0.0438. The lowest BCUT2D eigenvalue weighted by molar-refractivity contribution is -0.125. The number of aromatic nitrogens is 3. The molecule has 2 heterocycles. The lowest BCUT2D eigenvalue weighted by Gasteiger charge is -2.28. The molecule has 0 fully saturated rings. The number of hydrogen-bond acceptors (Lipinski definition) is 4. The number of nitrogens with two attached hydrogens (primary N) is 1. The second-order valence-electron chi connectivity index (χ2n) is 5.45. The lowest BCUT2D eigenvalue weighted by atomic mass is 9.81. The van der Waals surface area contributed by atoms with Gasteiger partial charge in [0.05, 0.1) is 23.0 Å². The Morgan fingerprint density at radius 2 is 2.10 bits per heavy atom.